The van der Waals surface area contributed by atoms with Gasteiger partial charge >= 0.3 is 0 Å². The highest BCUT2D eigenvalue weighted by Gasteiger charge is 2.18. The number of hydrogen-bond donors (Lipinski definition) is 2. The molecule has 0 aliphatic carbocycles. The van der Waals surface area contributed by atoms with E-state index < -0.39 is 0 Å². The molecule has 100 valence electrons. The molecule has 1 fully saturated rings. The van der Waals surface area contributed by atoms with Gasteiger partial charge in [-0.05, 0) is 31.0 Å². The molecule has 4 nitrogen and oxygen atoms in total. The Morgan fingerprint density at radius 3 is 2.89 bits per heavy atom. The lowest BCUT2D eigenvalue weighted by atomic mass is 10.1. The van der Waals surface area contributed by atoms with Gasteiger partial charge in [0.05, 0.1) is 18.2 Å². The first-order valence-electron chi connectivity index (χ1n) is 5.60. The van der Waals surface area contributed by atoms with E-state index in [0.717, 1.165) is 23.9 Å². The molecule has 3 N–H and O–H groups in total. The standard InChI is InChI=1S/C12H15BrN2O2.ClH/c13-8-3-4-10(11(14)6-8)12(16)15-9-2-1-5-17-7-9;/h3-4,6,9H,1-2,5,7,14H2,(H,15,16);1H. The number of carbonyl (C=O) groups excluding carboxylic acids is 1. The molecule has 1 aromatic rings. The van der Waals surface area contributed by atoms with E-state index in [9.17, 15) is 4.79 Å². The van der Waals surface area contributed by atoms with Crippen LogP contribution in [-0.2, 0) is 4.74 Å². The van der Waals surface area contributed by atoms with Crippen LogP contribution in [0.5, 0.6) is 0 Å². The highest BCUT2D eigenvalue weighted by Crippen LogP contribution is 2.19. The summed E-state index contributed by atoms with van der Waals surface area (Å²) < 4.78 is 6.18. The molecule has 1 saturated heterocycles. The minimum absolute atomic E-state index is 0. The van der Waals surface area contributed by atoms with Crippen LogP contribution in [0.4, 0.5) is 5.69 Å². The Bertz CT molecular complexity index is 423. The number of amides is 1. The lowest BCUT2D eigenvalue weighted by Crippen LogP contribution is -2.40. The lowest BCUT2D eigenvalue weighted by Gasteiger charge is -2.23. The summed E-state index contributed by atoms with van der Waals surface area (Å²) in [5.41, 5.74) is 6.80. The second-order valence-corrected chi connectivity index (χ2v) is 5.03. The minimum atomic E-state index is -0.134. The Balaban J connectivity index is 0.00000162. The molecule has 6 heteroatoms. The van der Waals surface area contributed by atoms with E-state index in [4.69, 9.17) is 10.5 Å². The van der Waals surface area contributed by atoms with E-state index in [1.165, 1.54) is 0 Å². The molecular weight excluding hydrogens is 320 g/mol. The van der Waals surface area contributed by atoms with Crippen molar-refractivity contribution >= 4 is 39.9 Å². The first-order chi connectivity index (χ1) is 8.16. The third kappa shape index (κ3) is 3.86. The fourth-order valence-corrected chi connectivity index (χ4v) is 2.24. The monoisotopic (exact) mass is 334 g/mol. The Kier molecular flexibility index (Phi) is 5.91. The summed E-state index contributed by atoms with van der Waals surface area (Å²) in [7, 11) is 0. The van der Waals surface area contributed by atoms with E-state index in [1.54, 1.807) is 12.1 Å². The third-order valence-corrected chi connectivity index (χ3v) is 3.25. The van der Waals surface area contributed by atoms with E-state index in [2.05, 4.69) is 21.2 Å². The highest BCUT2D eigenvalue weighted by molar-refractivity contribution is 9.10. The number of halogens is 2. The maximum atomic E-state index is 12.0. The first kappa shape index (κ1) is 15.3. The second-order valence-electron chi connectivity index (χ2n) is 4.12. The van der Waals surface area contributed by atoms with Crippen molar-refractivity contribution in [3.8, 4) is 0 Å². The lowest BCUT2D eigenvalue weighted by molar-refractivity contribution is 0.0624. The molecule has 0 radical (unpaired) electrons. The summed E-state index contributed by atoms with van der Waals surface area (Å²) in [4.78, 5) is 12.0. The molecular formula is C12H16BrClN2O2. The van der Waals surface area contributed by atoms with Gasteiger partial charge in [-0.15, -0.1) is 12.4 Å². The first-order valence-corrected chi connectivity index (χ1v) is 6.40. The molecule has 2 rings (SSSR count). The predicted molar refractivity (Wildman–Crippen MR) is 77.1 cm³/mol. The molecule has 1 atom stereocenters. The van der Waals surface area contributed by atoms with Crippen LogP contribution in [-0.4, -0.2) is 25.2 Å². The normalized spacial score (nSPS) is 18.8. The molecule has 18 heavy (non-hydrogen) atoms. The molecule has 0 aromatic heterocycles. The Hall–Kier alpha value is -0.780. The number of carbonyl (C=O) groups is 1. The number of rotatable bonds is 2. The van der Waals surface area contributed by atoms with Crippen molar-refractivity contribution in [2.24, 2.45) is 0 Å². The fraction of sp³-hybridized carbons (Fsp3) is 0.417. The largest absolute Gasteiger partial charge is 0.398 e. The van der Waals surface area contributed by atoms with Gasteiger partial charge in [0.2, 0.25) is 0 Å². The van der Waals surface area contributed by atoms with Crippen molar-refractivity contribution in [3.63, 3.8) is 0 Å². The zero-order chi connectivity index (χ0) is 12.3. The fourth-order valence-electron chi connectivity index (χ4n) is 1.86. The van der Waals surface area contributed by atoms with Crippen molar-refractivity contribution in [2.75, 3.05) is 18.9 Å². The summed E-state index contributed by atoms with van der Waals surface area (Å²) >= 11 is 3.31. The van der Waals surface area contributed by atoms with Crippen molar-refractivity contribution in [3.05, 3.63) is 28.2 Å². The minimum Gasteiger partial charge on any atom is -0.398 e. The number of nitrogen functional groups attached to an aromatic ring is 1. The average molecular weight is 336 g/mol. The summed E-state index contributed by atoms with van der Waals surface area (Å²) in [6.07, 6.45) is 1.95. The van der Waals surface area contributed by atoms with Crippen LogP contribution in [0.15, 0.2) is 22.7 Å². The van der Waals surface area contributed by atoms with Gasteiger partial charge in [0.1, 0.15) is 0 Å². The third-order valence-electron chi connectivity index (χ3n) is 2.75. The molecule has 0 spiro atoms. The van der Waals surface area contributed by atoms with Crippen LogP contribution < -0.4 is 11.1 Å². The molecule has 0 bridgehead atoms. The predicted octanol–water partition coefficient (Wildman–Crippen LogP) is 2.36. The number of ether oxygens (including phenoxy) is 1. The number of anilines is 1. The zero-order valence-corrected chi connectivity index (χ0v) is 12.2. The Morgan fingerprint density at radius 1 is 1.50 bits per heavy atom. The van der Waals surface area contributed by atoms with Crippen LogP contribution >= 0.6 is 28.3 Å². The van der Waals surface area contributed by atoms with Crippen LogP contribution in [0.3, 0.4) is 0 Å². The Labute approximate surface area is 121 Å². The van der Waals surface area contributed by atoms with Crippen LogP contribution in [0, 0.1) is 0 Å². The van der Waals surface area contributed by atoms with Crippen LogP contribution in [0.1, 0.15) is 23.2 Å². The summed E-state index contributed by atoms with van der Waals surface area (Å²) in [5.74, 6) is -0.134. The zero-order valence-electron chi connectivity index (χ0n) is 9.82. The number of benzene rings is 1. The molecule has 1 unspecified atom stereocenters. The van der Waals surface area contributed by atoms with Gasteiger partial charge in [-0.25, -0.2) is 0 Å². The SMILES string of the molecule is Cl.Nc1cc(Br)ccc1C(=O)NC1CCCOC1. The van der Waals surface area contributed by atoms with Gasteiger partial charge in [-0.1, -0.05) is 15.9 Å². The quantitative estimate of drug-likeness (QED) is 0.816. The second kappa shape index (κ2) is 6.97. The van der Waals surface area contributed by atoms with Crippen molar-refractivity contribution in [1.82, 2.24) is 5.32 Å². The summed E-state index contributed by atoms with van der Waals surface area (Å²) in [6, 6.07) is 5.35. The molecule has 1 aromatic carbocycles. The molecule has 0 saturated carbocycles. The van der Waals surface area contributed by atoms with Crippen LogP contribution in [0.2, 0.25) is 0 Å². The van der Waals surface area contributed by atoms with Crippen LogP contribution in [0.25, 0.3) is 0 Å². The van der Waals surface area contributed by atoms with Gasteiger partial charge < -0.3 is 15.8 Å². The molecule has 1 amide bonds. The summed E-state index contributed by atoms with van der Waals surface area (Å²) in [6.45, 7) is 1.37. The van der Waals surface area contributed by atoms with Gasteiger partial charge in [-0.3, -0.25) is 4.79 Å². The van der Waals surface area contributed by atoms with Gasteiger partial charge in [0.25, 0.3) is 5.91 Å². The van der Waals surface area contributed by atoms with Crippen molar-refractivity contribution in [1.29, 1.82) is 0 Å². The number of hydrogen-bond acceptors (Lipinski definition) is 3. The maximum absolute atomic E-state index is 12.0. The number of nitrogens with two attached hydrogens (primary N) is 1. The van der Waals surface area contributed by atoms with Gasteiger partial charge in [0.15, 0.2) is 0 Å². The topological polar surface area (TPSA) is 64.4 Å². The number of nitrogens with one attached hydrogen (secondary N) is 1. The summed E-state index contributed by atoms with van der Waals surface area (Å²) in [5, 5.41) is 2.94. The van der Waals surface area contributed by atoms with Gasteiger partial charge in [-0.2, -0.15) is 0 Å². The van der Waals surface area contributed by atoms with E-state index in [1.807, 2.05) is 6.07 Å². The van der Waals surface area contributed by atoms with Crippen molar-refractivity contribution < 1.29 is 9.53 Å². The van der Waals surface area contributed by atoms with Crippen molar-refractivity contribution in [2.45, 2.75) is 18.9 Å². The van der Waals surface area contributed by atoms with E-state index in [-0.39, 0.29) is 24.4 Å². The molecule has 1 aliphatic rings. The van der Waals surface area contributed by atoms with E-state index in [0.29, 0.717) is 17.9 Å². The molecule has 1 aliphatic heterocycles. The average Bonchev–Trinajstić information content (AvgIpc) is 2.30. The van der Waals surface area contributed by atoms with Gasteiger partial charge in [0, 0.05) is 16.8 Å². The smallest absolute Gasteiger partial charge is 0.253 e. The Morgan fingerprint density at radius 2 is 2.28 bits per heavy atom. The van der Waals surface area contributed by atoms with E-state index >= 15 is 0 Å². The highest BCUT2D eigenvalue weighted by atomic mass is 79.9. The maximum Gasteiger partial charge on any atom is 0.253 e. The molecule has 1 heterocycles.